The van der Waals surface area contributed by atoms with Crippen molar-refractivity contribution in [1.82, 2.24) is 15.5 Å². The van der Waals surface area contributed by atoms with Crippen LogP contribution >= 0.6 is 0 Å². The molecule has 2 rings (SSSR count). The van der Waals surface area contributed by atoms with Gasteiger partial charge in [0.15, 0.2) is 0 Å². The molecule has 6 N–H and O–H groups in total. The quantitative estimate of drug-likeness (QED) is 0.289. The number of rotatable bonds is 11. The molecule has 11 nitrogen and oxygen atoms in total. The number of carbonyl (C=O) groups is 5. The third-order valence-corrected chi connectivity index (χ3v) is 5.19. The monoisotopic (exact) mass is 448 g/mol. The Morgan fingerprint density at radius 3 is 2.44 bits per heavy atom. The molecule has 0 aromatic heterocycles. The zero-order valence-electron chi connectivity index (χ0n) is 17.5. The molecule has 0 saturated carbocycles. The summed E-state index contributed by atoms with van der Waals surface area (Å²) in [5, 5.41) is 22.7. The van der Waals surface area contributed by atoms with E-state index in [0.717, 1.165) is 5.56 Å². The molecule has 1 aromatic rings. The van der Waals surface area contributed by atoms with Crippen LogP contribution in [0.4, 0.5) is 0 Å². The Balaban J connectivity index is 1.87. The molecule has 1 saturated heterocycles. The van der Waals surface area contributed by atoms with Gasteiger partial charge in [-0.1, -0.05) is 30.3 Å². The second-order valence-electron chi connectivity index (χ2n) is 7.59. The van der Waals surface area contributed by atoms with Crippen molar-refractivity contribution in [3.05, 3.63) is 35.9 Å². The molecule has 1 heterocycles. The molecule has 1 fully saturated rings. The molecule has 3 amide bonds. The molecule has 32 heavy (non-hydrogen) atoms. The van der Waals surface area contributed by atoms with E-state index in [-0.39, 0.29) is 19.5 Å². The summed E-state index contributed by atoms with van der Waals surface area (Å²) < 4.78 is 0. The predicted molar refractivity (Wildman–Crippen MR) is 112 cm³/mol. The van der Waals surface area contributed by atoms with Gasteiger partial charge in [0.2, 0.25) is 17.7 Å². The van der Waals surface area contributed by atoms with Crippen LogP contribution in [0, 0.1) is 0 Å². The summed E-state index contributed by atoms with van der Waals surface area (Å²) in [7, 11) is 0. The van der Waals surface area contributed by atoms with Crippen molar-refractivity contribution in [2.45, 2.75) is 50.2 Å². The number of nitrogens with one attached hydrogen (secondary N) is 2. The number of nitrogens with zero attached hydrogens (tertiary/aromatic N) is 1. The smallest absolute Gasteiger partial charge is 0.326 e. The number of carboxylic acids is 2. The molecule has 174 valence electrons. The van der Waals surface area contributed by atoms with Crippen molar-refractivity contribution in [2.24, 2.45) is 5.73 Å². The van der Waals surface area contributed by atoms with Gasteiger partial charge in [-0.3, -0.25) is 19.2 Å². The number of benzene rings is 1. The summed E-state index contributed by atoms with van der Waals surface area (Å²) in [5.74, 6) is -4.18. The minimum absolute atomic E-state index is 0.271. The van der Waals surface area contributed by atoms with Crippen LogP contribution in [-0.4, -0.2) is 76.0 Å². The Morgan fingerprint density at radius 2 is 1.81 bits per heavy atom. The van der Waals surface area contributed by atoms with E-state index < -0.39 is 54.2 Å². The number of hydrogen-bond donors (Lipinski definition) is 5. The van der Waals surface area contributed by atoms with Crippen LogP contribution in [0.2, 0.25) is 0 Å². The van der Waals surface area contributed by atoms with Crippen LogP contribution in [0.5, 0.6) is 0 Å². The first-order valence-corrected chi connectivity index (χ1v) is 10.3. The minimum Gasteiger partial charge on any atom is -0.481 e. The maximum Gasteiger partial charge on any atom is 0.326 e. The van der Waals surface area contributed by atoms with E-state index in [4.69, 9.17) is 10.8 Å². The van der Waals surface area contributed by atoms with Crippen molar-refractivity contribution < 1.29 is 34.2 Å². The lowest BCUT2D eigenvalue weighted by Crippen LogP contribution is -2.53. The number of likely N-dealkylation sites (tertiary alicyclic amines) is 1. The lowest BCUT2D eigenvalue weighted by molar-refractivity contribution is -0.144. The molecule has 11 heteroatoms. The Labute approximate surface area is 184 Å². The Kier molecular flexibility index (Phi) is 9.14. The summed E-state index contributed by atoms with van der Waals surface area (Å²) in [5.41, 5.74) is 6.78. The fourth-order valence-corrected chi connectivity index (χ4v) is 3.49. The molecule has 1 aliphatic rings. The molecule has 3 atom stereocenters. The van der Waals surface area contributed by atoms with Gasteiger partial charge in [0.05, 0.1) is 12.6 Å². The zero-order chi connectivity index (χ0) is 23.7. The topological polar surface area (TPSA) is 179 Å². The average Bonchev–Trinajstić information content (AvgIpc) is 3.25. The molecule has 1 aromatic carbocycles. The first-order valence-electron chi connectivity index (χ1n) is 10.3. The summed E-state index contributed by atoms with van der Waals surface area (Å²) in [6.45, 7) is -0.0534. The highest BCUT2D eigenvalue weighted by Gasteiger charge is 2.36. The van der Waals surface area contributed by atoms with E-state index >= 15 is 0 Å². The first kappa shape index (κ1) is 24.8. The molecule has 3 unspecified atom stereocenters. The Morgan fingerprint density at radius 1 is 1.12 bits per heavy atom. The lowest BCUT2D eigenvalue weighted by Gasteiger charge is -2.25. The Hall–Kier alpha value is -3.47. The van der Waals surface area contributed by atoms with Crippen LogP contribution in [-0.2, 0) is 30.4 Å². The summed E-state index contributed by atoms with van der Waals surface area (Å²) in [6, 6.07) is 6.10. The van der Waals surface area contributed by atoms with Crippen LogP contribution in [0.3, 0.4) is 0 Å². The second-order valence-corrected chi connectivity index (χ2v) is 7.59. The SMILES string of the molecule is NC(Cc1ccccc1)C(=O)NCC(=O)N1CCCC1C(=O)NC(CCC(=O)O)C(=O)O. The number of hydrogen-bond acceptors (Lipinski definition) is 6. The fraction of sp³-hybridized carbons (Fsp3) is 0.476. The number of carbonyl (C=O) groups excluding carboxylic acids is 3. The van der Waals surface area contributed by atoms with Crippen molar-refractivity contribution >= 4 is 29.7 Å². The van der Waals surface area contributed by atoms with Crippen molar-refractivity contribution in [2.75, 3.05) is 13.1 Å². The van der Waals surface area contributed by atoms with E-state index in [9.17, 15) is 29.1 Å². The minimum atomic E-state index is -1.37. The number of nitrogens with two attached hydrogens (primary N) is 1. The van der Waals surface area contributed by atoms with Crippen LogP contribution < -0.4 is 16.4 Å². The van der Waals surface area contributed by atoms with E-state index in [2.05, 4.69) is 10.6 Å². The van der Waals surface area contributed by atoms with Gasteiger partial charge in [-0.15, -0.1) is 0 Å². The Bertz CT molecular complexity index is 846. The van der Waals surface area contributed by atoms with Gasteiger partial charge < -0.3 is 31.5 Å². The summed E-state index contributed by atoms with van der Waals surface area (Å²) in [6.07, 6.45) is 0.497. The summed E-state index contributed by atoms with van der Waals surface area (Å²) >= 11 is 0. The molecular weight excluding hydrogens is 420 g/mol. The third kappa shape index (κ3) is 7.34. The molecule has 0 bridgehead atoms. The molecule has 0 spiro atoms. The van der Waals surface area contributed by atoms with Crippen LogP contribution in [0.15, 0.2) is 30.3 Å². The zero-order valence-corrected chi connectivity index (χ0v) is 17.5. The average molecular weight is 448 g/mol. The van der Waals surface area contributed by atoms with Gasteiger partial charge in [-0.2, -0.15) is 0 Å². The maximum absolute atomic E-state index is 12.6. The van der Waals surface area contributed by atoms with Crippen molar-refractivity contribution in [3.8, 4) is 0 Å². The second kappa shape index (κ2) is 11.8. The van der Waals surface area contributed by atoms with Gasteiger partial charge in [0, 0.05) is 13.0 Å². The molecular formula is C21H28N4O7. The van der Waals surface area contributed by atoms with Gasteiger partial charge in [-0.25, -0.2) is 4.79 Å². The third-order valence-electron chi connectivity index (χ3n) is 5.19. The van der Waals surface area contributed by atoms with Gasteiger partial charge in [0.1, 0.15) is 12.1 Å². The van der Waals surface area contributed by atoms with E-state index in [1.54, 1.807) is 0 Å². The van der Waals surface area contributed by atoms with E-state index in [0.29, 0.717) is 19.3 Å². The van der Waals surface area contributed by atoms with Crippen LogP contribution in [0.1, 0.15) is 31.2 Å². The van der Waals surface area contributed by atoms with Crippen LogP contribution in [0.25, 0.3) is 0 Å². The fourth-order valence-electron chi connectivity index (χ4n) is 3.49. The van der Waals surface area contributed by atoms with Crippen molar-refractivity contribution in [3.63, 3.8) is 0 Å². The highest BCUT2D eigenvalue weighted by Crippen LogP contribution is 2.18. The van der Waals surface area contributed by atoms with E-state index in [1.165, 1.54) is 4.90 Å². The number of amides is 3. The predicted octanol–water partition coefficient (Wildman–Crippen LogP) is -0.902. The molecule has 0 aliphatic carbocycles. The standard InChI is InChI=1S/C21H28N4O7/c22-14(11-13-5-2-1-3-6-13)19(29)23-12-17(26)25-10-4-7-16(25)20(30)24-15(21(31)32)8-9-18(27)28/h1-3,5-6,14-16H,4,7-12,22H2,(H,23,29)(H,24,30)(H,27,28)(H,31,32). The molecule has 0 radical (unpaired) electrons. The van der Waals surface area contributed by atoms with Gasteiger partial charge >= 0.3 is 11.9 Å². The largest absolute Gasteiger partial charge is 0.481 e. The lowest BCUT2D eigenvalue weighted by atomic mass is 10.1. The van der Waals surface area contributed by atoms with Gasteiger partial charge in [0.25, 0.3) is 0 Å². The van der Waals surface area contributed by atoms with Gasteiger partial charge in [-0.05, 0) is 31.2 Å². The first-order chi connectivity index (χ1) is 15.2. The maximum atomic E-state index is 12.6. The highest BCUT2D eigenvalue weighted by molar-refractivity contribution is 5.93. The summed E-state index contributed by atoms with van der Waals surface area (Å²) in [4.78, 5) is 60.6. The number of carboxylic acid groups (broad SMARTS) is 2. The van der Waals surface area contributed by atoms with Crippen molar-refractivity contribution in [1.29, 1.82) is 0 Å². The van der Waals surface area contributed by atoms with E-state index in [1.807, 2.05) is 30.3 Å². The molecule has 1 aliphatic heterocycles. The normalized spacial score (nSPS) is 17.3. The highest BCUT2D eigenvalue weighted by atomic mass is 16.4. The number of aliphatic carboxylic acids is 2.